The number of hydrogen-bond acceptors (Lipinski definition) is 3. The normalized spacial score (nSPS) is 24.1. The minimum atomic E-state index is 0.163. The molecule has 0 aliphatic carbocycles. The number of rotatable bonds is 2. The molecule has 2 heterocycles. The average Bonchev–Trinajstić information content (AvgIpc) is 2.92. The Hall–Kier alpha value is -0.770. The highest BCUT2D eigenvalue weighted by Crippen LogP contribution is 2.34. The van der Waals surface area contributed by atoms with E-state index < -0.39 is 0 Å². The predicted molar refractivity (Wildman–Crippen MR) is 80.0 cm³/mol. The molecule has 1 fully saturated rings. The van der Waals surface area contributed by atoms with Gasteiger partial charge < -0.3 is 10.7 Å². The number of halogens is 2. The van der Waals surface area contributed by atoms with Gasteiger partial charge in [0.2, 0.25) is 0 Å². The molecule has 0 amide bonds. The molecular weight excluding hydrogens is 281 g/mol. The van der Waals surface area contributed by atoms with Crippen molar-refractivity contribution in [2.45, 2.75) is 25.3 Å². The number of nitrogens with zero attached hydrogens (tertiary/aromatic N) is 1. The molecule has 0 aromatic heterocycles. The summed E-state index contributed by atoms with van der Waals surface area (Å²) in [6, 6.07) is 5.94. The summed E-state index contributed by atoms with van der Waals surface area (Å²) in [5.74, 6) is 0.608. The summed E-state index contributed by atoms with van der Waals surface area (Å²) in [4.78, 5) is 0. The van der Waals surface area contributed by atoms with Crippen LogP contribution in [0.3, 0.4) is 0 Å². The first-order valence-corrected chi connectivity index (χ1v) is 7.48. The molecule has 0 spiro atoms. The zero-order valence-electron chi connectivity index (χ0n) is 10.6. The number of nitrogens with one attached hydrogen (secondary N) is 2. The average molecular weight is 298 g/mol. The smallest absolute Gasteiger partial charge is 0.0757 e. The molecule has 2 N–H and O–H groups in total. The van der Waals surface area contributed by atoms with Crippen LogP contribution in [0.4, 0.5) is 0 Å². The van der Waals surface area contributed by atoms with Crippen molar-refractivity contribution in [3.63, 3.8) is 0 Å². The van der Waals surface area contributed by atoms with Gasteiger partial charge in [0, 0.05) is 18.1 Å². The van der Waals surface area contributed by atoms with E-state index in [0.717, 1.165) is 25.1 Å². The van der Waals surface area contributed by atoms with E-state index in [2.05, 4.69) is 15.8 Å². The van der Waals surface area contributed by atoms with Gasteiger partial charge in [0.05, 0.1) is 16.1 Å². The van der Waals surface area contributed by atoms with E-state index >= 15 is 0 Å². The molecule has 5 heteroatoms. The van der Waals surface area contributed by atoms with Gasteiger partial charge in [0.25, 0.3) is 0 Å². The molecule has 0 saturated carbocycles. The molecule has 3 nitrogen and oxygen atoms in total. The van der Waals surface area contributed by atoms with Gasteiger partial charge in [-0.2, -0.15) is 5.10 Å². The van der Waals surface area contributed by atoms with E-state index in [4.69, 9.17) is 23.2 Å². The summed E-state index contributed by atoms with van der Waals surface area (Å²) in [7, 11) is 0. The van der Waals surface area contributed by atoms with Gasteiger partial charge in [-0.25, -0.2) is 0 Å². The summed E-state index contributed by atoms with van der Waals surface area (Å²) in [6.45, 7) is 2.18. The lowest BCUT2D eigenvalue weighted by Gasteiger charge is -2.22. The number of benzene rings is 1. The highest BCUT2D eigenvalue weighted by atomic mass is 35.5. The summed E-state index contributed by atoms with van der Waals surface area (Å²) in [6.07, 6.45) is 3.29. The first kappa shape index (κ1) is 13.2. The van der Waals surface area contributed by atoms with Crippen molar-refractivity contribution in [3.8, 4) is 0 Å². The molecule has 1 aromatic rings. The van der Waals surface area contributed by atoms with E-state index in [1.54, 1.807) is 0 Å². The van der Waals surface area contributed by atoms with E-state index in [-0.39, 0.29) is 6.04 Å². The van der Waals surface area contributed by atoms with Gasteiger partial charge >= 0.3 is 0 Å². The fourth-order valence-electron chi connectivity index (χ4n) is 2.84. The van der Waals surface area contributed by atoms with Crippen LogP contribution in [0.15, 0.2) is 23.3 Å². The summed E-state index contributed by atoms with van der Waals surface area (Å²) < 4.78 is 0. The zero-order chi connectivity index (χ0) is 13.2. The van der Waals surface area contributed by atoms with Crippen molar-refractivity contribution >= 4 is 28.9 Å². The van der Waals surface area contributed by atoms with Gasteiger partial charge in [-0.05, 0) is 37.6 Å². The monoisotopic (exact) mass is 297 g/mol. The van der Waals surface area contributed by atoms with E-state index in [1.807, 2.05) is 18.2 Å². The lowest BCUT2D eigenvalue weighted by Crippen LogP contribution is -2.31. The van der Waals surface area contributed by atoms with Crippen LogP contribution in [0.5, 0.6) is 0 Å². The third kappa shape index (κ3) is 2.73. The highest BCUT2D eigenvalue weighted by molar-refractivity contribution is 6.42. The van der Waals surface area contributed by atoms with Crippen LogP contribution in [0.2, 0.25) is 10.0 Å². The van der Waals surface area contributed by atoms with E-state index in [1.165, 1.54) is 18.6 Å². The SMILES string of the molecule is Clc1cccc(C2CC(C3CCNCC3)=NN2)c1Cl. The Labute approximate surface area is 123 Å². The zero-order valence-corrected chi connectivity index (χ0v) is 12.1. The second kappa shape index (κ2) is 5.70. The van der Waals surface area contributed by atoms with Gasteiger partial charge in [-0.1, -0.05) is 35.3 Å². The molecule has 2 aliphatic rings. The van der Waals surface area contributed by atoms with Crippen LogP contribution in [0, 0.1) is 5.92 Å². The minimum absolute atomic E-state index is 0.163. The second-order valence-corrected chi connectivity index (χ2v) is 5.94. The summed E-state index contributed by atoms with van der Waals surface area (Å²) in [5.41, 5.74) is 5.54. The number of hydrogen-bond donors (Lipinski definition) is 2. The quantitative estimate of drug-likeness (QED) is 0.878. The molecular formula is C14H17Cl2N3. The van der Waals surface area contributed by atoms with E-state index in [0.29, 0.717) is 16.0 Å². The fourth-order valence-corrected chi connectivity index (χ4v) is 3.28. The Kier molecular flexibility index (Phi) is 3.96. The molecule has 0 radical (unpaired) electrons. The molecule has 19 heavy (non-hydrogen) atoms. The van der Waals surface area contributed by atoms with Crippen molar-refractivity contribution in [1.82, 2.24) is 10.7 Å². The first-order valence-electron chi connectivity index (χ1n) is 6.72. The van der Waals surface area contributed by atoms with Crippen LogP contribution in [-0.4, -0.2) is 18.8 Å². The summed E-state index contributed by atoms with van der Waals surface area (Å²) in [5, 5.41) is 9.16. The molecule has 1 atom stereocenters. The first-order chi connectivity index (χ1) is 9.25. The standard InChI is InChI=1S/C14H17Cl2N3/c15-11-3-1-2-10(14(11)16)13-8-12(18-19-13)9-4-6-17-7-5-9/h1-3,9,13,17,19H,4-8H2. The predicted octanol–water partition coefficient (Wildman–Crippen LogP) is 3.38. The third-order valence-electron chi connectivity index (χ3n) is 3.94. The van der Waals surface area contributed by atoms with E-state index in [9.17, 15) is 0 Å². The Balaban J connectivity index is 1.71. The Morgan fingerprint density at radius 3 is 2.74 bits per heavy atom. The lowest BCUT2D eigenvalue weighted by molar-refractivity contribution is 0.453. The fraction of sp³-hybridized carbons (Fsp3) is 0.500. The molecule has 102 valence electrons. The molecule has 1 aromatic carbocycles. The maximum atomic E-state index is 6.27. The van der Waals surface area contributed by atoms with Gasteiger partial charge in [0.15, 0.2) is 0 Å². The number of piperidine rings is 1. The maximum absolute atomic E-state index is 6.27. The van der Waals surface area contributed by atoms with Crippen LogP contribution in [0.25, 0.3) is 0 Å². The van der Waals surface area contributed by atoms with Gasteiger partial charge in [-0.3, -0.25) is 0 Å². The van der Waals surface area contributed by atoms with Gasteiger partial charge in [-0.15, -0.1) is 0 Å². The Bertz CT molecular complexity index is 495. The van der Waals surface area contributed by atoms with Crippen molar-refractivity contribution < 1.29 is 0 Å². The topological polar surface area (TPSA) is 36.4 Å². The Morgan fingerprint density at radius 1 is 1.16 bits per heavy atom. The Morgan fingerprint density at radius 2 is 1.95 bits per heavy atom. The van der Waals surface area contributed by atoms with Crippen LogP contribution >= 0.6 is 23.2 Å². The van der Waals surface area contributed by atoms with Crippen molar-refractivity contribution in [2.24, 2.45) is 11.0 Å². The summed E-state index contributed by atoms with van der Waals surface area (Å²) >= 11 is 12.3. The van der Waals surface area contributed by atoms with Gasteiger partial charge in [0.1, 0.15) is 0 Å². The van der Waals surface area contributed by atoms with Crippen molar-refractivity contribution in [3.05, 3.63) is 33.8 Å². The molecule has 2 aliphatic heterocycles. The number of hydrazone groups is 1. The third-order valence-corrected chi connectivity index (χ3v) is 4.78. The molecule has 0 bridgehead atoms. The molecule has 1 saturated heterocycles. The minimum Gasteiger partial charge on any atom is -0.317 e. The lowest BCUT2D eigenvalue weighted by atomic mass is 9.89. The second-order valence-electron chi connectivity index (χ2n) is 5.16. The van der Waals surface area contributed by atoms with Crippen molar-refractivity contribution in [1.29, 1.82) is 0 Å². The largest absolute Gasteiger partial charge is 0.317 e. The maximum Gasteiger partial charge on any atom is 0.0757 e. The molecule has 3 rings (SSSR count). The van der Waals surface area contributed by atoms with Crippen LogP contribution in [-0.2, 0) is 0 Å². The van der Waals surface area contributed by atoms with Crippen LogP contribution in [0.1, 0.15) is 30.9 Å². The highest BCUT2D eigenvalue weighted by Gasteiger charge is 2.28. The van der Waals surface area contributed by atoms with Crippen LogP contribution < -0.4 is 10.7 Å². The van der Waals surface area contributed by atoms with Crippen molar-refractivity contribution in [2.75, 3.05) is 13.1 Å². The molecule has 1 unspecified atom stereocenters.